The molecule has 0 aliphatic rings. The second kappa shape index (κ2) is 5.51. The van der Waals surface area contributed by atoms with Crippen LogP contribution in [0.5, 0.6) is 0 Å². The second-order valence-electron chi connectivity index (χ2n) is 4.70. The van der Waals surface area contributed by atoms with Gasteiger partial charge in [-0.2, -0.15) is 0 Å². The lowest BCUT2D eigenvalue weighted by molar-refractivity contribution is 0.627. The molecule has 0 spiro atoms. The quantitative estimate of drug-likeness (QED) is 0.607. The van der Waals surface area contributed by atoms with Crippen LogP contribution in [0, 0.1) is 5.82 Å². The molecule has 0 fully saturated rings. The molecular weight excluding hydrogens is 319 g/mol. The minimum absolute atomic E-state index is 0.225. The molecule has 3 aromatic heterocycles. The monoisotopic (exact) mass is 330 g/mol. The van der Waals surface area contributed by atoms with Crippen LogP contribution in [0.1, 0.15) is 5.56 Å². The molecule has 0 aliphatic heterocycles. The van der Waals surface area contributed by atoms with Gasteiger partial charge in [0, 0.05) is 6.54 Å². The molecule has 0 amide bonds. The third-order valence-electron chi connectivity index (χ3n) is 3.22. The maximum Gasteiger partial charge on any atom is 0.214 e. The van der Waals surface area contributed by atoms with E-state index >= 15 is 0 Å². The summed E-state index contributed by atoms with van der Waals surface area (Å²) in [6.07, 6.45) is 1.84. The van der Waals surface area contributed by atoms with Crippen molar-refractivity contribution in [1.29, 1.82) is 0 Å². The van der Waals surface area contributed by atoms with E-state index in [0.717, 1.165) is 26.2 Å². The van der Waals surface area contributed by atoms with Gasteiger partial charge in [-0.25, -0.2) is 13.9 Å². The minimum atomic E-state index is -0.225. The lowest BCUT2D eigenvalue weighted by atomic mass is 10.2. The summed E-state index contributed by atoms with van der Waals surface area (Å²) >= 11 is 3.16. The Kier molecular flexibility index (Phi) is 3.36. The van der Waals surface area contributed by atoms with Crippen LogP contribution in [0.4, 0.5) is 9.52 Å². The van der Waals surface area contributed by atoms with E-state index in [1.807, 2.05) is 22.2 Å². The predicted octanol–water partition coefficient (Wildman–Crippen LogP) is 4.27. The molecule has 1 N–H and O–H groups in total. The van der Waals surface area contributed by atoms with E-state index in [2.05, 4.69) is 21.5 Å². The average molecular weight is 330 g/mol. The minimum Gasteiger partial charge on any atom is -0.356 e. The Balaban J connectivity index is 1.57. The van der Waals surface area contributed by atoms with Gasteiger partial charge < -0.3 is 5.32 Å². The van der Waals surface area contributed by atoms with Crippen molar-refractivity contribution in [2.75, 3.05) is 5.32 Å². The van der Waals surface area contributed by atoms with Crippen LogP contribution in [0.3, 0.4) is 0 Å². The van der Waals surface area contributed by atoms with Gasteiger partial charge in [-0.1, -0.05) is 29.5 Å². The first-order valence-corrected chi connectivity index (χ1v) is 8.36. The summed E-state index contributed by atoms with van der Waals surface area (Å²) in [6.45, 7) is 0.602. The fourth-order valence-electron chi connectivity index (χ4n) is 2.14. The Morgan fingerprint density at radius 1 is 1.18 bits per heavy atom. The molecule has 4 nitrogen and oxygen atoms in total. The van der Waals surface area contributed by atoms with Crippen molar-refractivity contribution in [2.45, 2.75) is 6.54 Å². The second-order valence-corrected chi connectivity index (χ2v) is 6.61. The number of fused-ring (bicyclic) bond motifs is 1. The Bertz CT molecular complexity index is 894. The molecule has 7 heteroatoms. The highest BCUT2D eigenvalue weighted by atomic mass is 32.1. The molecule has 0 atom stereocenters. The Morgan fingerprint density at radius 2 is 2.05 bits per heavy atom. The van der Waals surface area contributed by atoms with Crippen molar-refractivity contribution in [2.24, 2.45) is 0 Å². The first kappa shape index (κ1) is 13.4. The van der Waals surface area contributed by atoms with Crippen molar-refractivity contribution in [3.05, 3.63) is 59.4 Å². The van der Waals surface area contributed by atoms with Gasteiger partial charge >= 0.3 is 0 Å². The number of aromatic nitrogens is 3. The number of hydrogen-bond donors (Lipinski definition) is 1. The summed E-state index contributed by atoms with van der Waals surface area (Å²) in [5.74, 6) is -0.225. The largest absolute Gasteiger partial charge is 0.356 e. The third kappa shape index (κ3) is 2.49. The molecule has 110 valence electrons. The third-order valence-corrected chi connectivity index (χ3v) is 4.99. The van der Waals surface area contributed by atoms with Crippen LogP contribution in [0.25, 0.3) is 15.5 Å². The fourth-order valence-corrected chi connectivity index (χ4v) is 3.63. The lowest BCUT2D eigenvalue weighted by Crippen LogP contribution is -1.99. The van der Waals surface area contributed by atoms with Crippen LogP contribution in [0.2, 0.25) is 0 Å². The summed E-state index contributed by atoms with van der Waals surface area (Å²) in [5, 5.41) is 10.6. The van der Waals surface area contributed by atoms with E-state index in [0.29, 0.717) is 6.54 Å². The Labute approximate surface area is 133 Å². The van der Waals surface area contributed by atoms with E-state index in [4.69, 9.17) is 0 Å². The van der Waals surface area contributed by atoms with Crippen molar-refractivity contribution in [3.8, 4) is 10.6 Å². The highest BCUT2D eigenvalue weighted by molar-refractivity contribution is 7.20. The summed E-state index contributed by atoms with van der Waals surface area (Å²) < 4.78 is 14.7. The van der Waals surface area contributed by atoms with Gasteiger partial charge in [-0.3, -0.25) is 0 Å². The normalized spacial score (nSPS) is 11.1. The van der Waals surface area contributed by atoms with E-state index in [9.17, 15) is 4.39 Å². The van der Waals surface area contributed by atoms with Gasteiger partial charge in [0.1, 0.15) is 11.5 Å². The van der Waals surface area contributed by atoms with E-state index in [1.54, 1.807) is 23.5 Å². The molecule has 0 bridgehead atoms. The first-order valence-electron chi connectivity index (χ1n) is 6.66. The van der Waals surface area contributed by atoms with Gasteiger partial charge in [0.25, 0.3) is 0 Å². The summed E-state index contributed by atoms with van der Waals surface area (Å²) in [7, 11) is 0. The van der Waals surface area contributed by atoms with E-state index < -0.39 is 0 Å². The van der Waals surface area contributed by atoms with Crippen molar-refractivity contribution in [1.82, 2.24) is 14.6 Å². The SMILES string of the molecule is Fc1ccc(CNc2nn3c(-c4cccs4)cnc3s2)cc1. The van der Waals surface area contributed by atoms with Gasteiger partial charge in [-0.05, 0) is 29.1 Å². The number of rotatable bonds is 4. The Morgan fingerprint density at radius 3 is 2.82 bits per heavy atom. The van der Waals surface area contributed by atoms with Crippen LogP contribution in [-0.4, -0.2) is 14.6 Å². The zero-order valence-electron chi connectivity index (χ0n) is 11.4. The highest BCUT2D eigenvalue weighted by Crippen LogP contribution is 2.28. The van der Waals surface area contributed by atoms with Gasteiger partial charge in [0.05, 0.1) is 11.1 Å². The standard InChI is InChI=1S/C15H11FN4S2/c16-11-5-3-10(4-6-11)8-17-14-19-20-12(9-18-15(20)22-14)13-2-1-7-21-13/h1-7,9H,8H2,(H,17,19). The van der Waals surface area contributed by atoms with Crippen molar-refractivity contribution < 1.29 is 4.39 Å². The van der Waals surface area contributed by atoms with Crippen molar-refractivity contribution >= 4 is 32.8 Å². The predicted molar refractivity (Wildman–Crippen MR) is 87.9 cm³/mol. The number of hydrogen-bond acceptors (Lipinski definition) is 5. The maximum absolute atomic E-state index is 12.9. The molecule has 0 radical (unpaired) electrons. The van der Waals surface area contributed by atoms with Crippen LogP contribution >= 0.6 is 22.7 Å². The summed E-state index contributed by atoms with van der Waals surface area (Å²) in [6, 6.07) is 10.5. The molecule has 4 aromatic rings. The van der Waals surface area contributed by atoms with Crippen LogP contribution < -0.4 is 5.32 Å². The lowest BCUT2D eigenvalue weighted by Gasteiger charge is -2.02. The molecule has 22 heavy (non-hydrogen) atoms. The van der Waals surface area contributed by atoms with Crippen LogP contribution in [-0.2, 0) is 6.54 Å². The maximum atomic E-state index is 12.9. The first-order chi connectivity index (χ1) is 10.8. The molecule has 1 aromatic carbocycles. The number of halogens is 1. The fraction of sp³-hybridized carbons (Fsp3) is 0.0667. The number of nitrogens with one attached hydrogen (secondary N) is 1. The summed E-state index contributed by atoms with van der Waals surface area (Å²) in [5.41, 5.74) is 2.00. The molecular formula is C15H11FN4S2. The number of anilines is 1. The molecule has 4 rings (SSSR count). The van der Waals surface area contributed by atoms with Gasteiger partial charge in [-0.15, -0.1) is 16.4 Å². The molecule has 3 heterocycles. The number of benzene rings is 1. The average Bonchev–Trinajstić information content (AvgIpc) is 3.22. The zero-order chi connectivity index (χ0) is 14.9. The number of nitrogens with zero attached hydrogens (tertiary/aromatic N) is 3. The molecule has 0 aliphatic carbocycles. The van der Waals surface area contributed by atoms with Gasteiger partial charge in [0.15, 0.2) is 0 Å². The van der Waals surface area contributed by atoms with Gasteiger partial charge in [0.2, 0.25) is 10.1 Å². The van der Waals surface area contributed by atoms with Crippen molar-refractivity contribution in [3.63, 3.8) is 0 Å². The number of thiophene rings is 1. The number of imidazole rings is 1. The van der Waals surface area contributed by atoms with E-state index in [1.165, 1.54) is 23.5 Å². The summed E-state index contributed by atoms with van der Waals surface area (Å²) in [4.78, 5) is 6.39. The highest BCUT2D eigenvalue weighted by Gasteiger charge is 2.11. The Hall–Kier alpha value is -2.25. The topological polar surface area (TPSA) is 42.2 Å². The smallest absolute Gasteiger partial charge is 0.214 e. The molecule has 0 unspecified atom stereocenters. The molecule has 0 saturated carbocycles. The molecule has 0 saturated heterocycles. The van der Waals surface area contributed by atoms with E-state index in [-0.39, 0.29) is 5.82 Å². The van der Waals surface area contributed by atoms with Crippen LogP contribution in [0.15, 0.2) is 48.0 Å². The zero-order valence-corrected chi connectivity index (χ0v) is 13.0.